The number of allylic oxidation sites excluding steroid dienone is 10. The van der Waals surface area contributed by atoms with Crippen LogP contribution in [0.1, 0.15) is 168 Å². The topological polar surface area (TPSA) is 228 Å². The molecule has 12 unspecified atom stereocenters. The molecule has 1 amide bonds. The van der Waals surface area contributed by atoms with Gasteiger partial charge in [0.15, 0.2) is 12.6 Å². The Morgan fingerprint density at radius 3 is 1.55 bits per heavy atom. The summed E-state index contributed by atoms with van der Waals surface area (Å²) in [6.45, 7) is 2.68. The van der Waals surface area contributed by atoms with Crippen molar-refractivity contribution in [1.29, 1.82) is 0 Å². The molecule has 0 aromatic heterocycles. The maximum Gasteiger partial charge on any atom is 0.220 e. The molecule has 66 heavy (non-hydrogen) atoms. The second kappa shape index (κ2) is 38.5. The lowest BCUT2D eigenvalue weighted by atomic mass is 9.97. The quantitative estimate of drug-likeness (QED) is 0.0234. The van der Waals surface area contributed by atoms with E-state index in [1.807, 2.05) is 0 Å². The van der Waals surface area contributed by atoms with E-state index in [1.54, 1.807) is 0 Å². The number of hydrogen-bond donors (Lipinski definition) is 9. The smallest absolute Gasteiger partial charge is 0.220 e. The summed E-state index contributed by atoms with van der Waals surface area (Å²) in [6.07, 6.45) is 29.4. The summed E-state index contributed by atoms with van der Waals surface area (Å²) in [5.74, 6) is -0.266. The molecule has 2 heterocycles. The van der Waals surface area contributed by atoms with Crippen LogP contribution in [0, 0.1) is 0 Å². The highest BCUT2D eigenvalue weighted by molar-refractivity contribution is 5.76. The number of ether oxygens (including phenoxy) is 4. The second-order valence-electron chi connectivity index (χ2n) is 17.9. The first-order valence-corrected chi connectivity index (χ1v) is 25.5. The van der Waals surface area contributed by atoms with Crippen LogP contribution in [0.2, 0.25) is 0 Å². The number of aliphatic hydroxyl groups is 8. The molecule has 382 valence electrons. The Labute approximate surface area is 396 Å². The van der Waals surface area contributed by atoms with Crippen molar-refractivity contribution in [3.63, 3.8) is 0 Å². The summed E-state index contributed by atoms with van der Waals surface area (Å²) in [6, 6.07) is -0.860. The lowest BCUT2D eigenvalue weighted by molar-refractivity contribution is -0.359. The van der Waals surface area contributed by atoms with E-state index in [4.69, 9.17) is 18.9 Å². The fraction of sp³-hybridized carbons (Fsp3) is 0.788. The zero-order valence-electron chi connectivity index (χ0n) is 40.4. The first-order valence-electron chi connectivity index (χ1n) is 25.5. The van der Waals surface area contributed by atoms with E-state index < -0.39 is 86.8 Å². The third-order valence-electron chi connectivity index (χ3n) is 12.2. The molecule has 0 aliphatic carbocycles. The van der Waals surface area contributed by atoms with E-state index >= 15 is 0 Å². The first-order chi connectivity index (χ1) is 32.1. The Morgan fingerprint density at radius 1 is 0.561 bits per heavy atom. The fourth-order valence-corrected chi connectivity index (χ4v) is 8.09. The molecule has 14 heteroatoms. The van der Waals surface area contributed by atoms with Gasteiger partial charge in [-0.15, -0.1) is 0 Å². The van der Waals surface area contributed by atoms with Crippen molar-refractivity contribution < 1.29 is 64.6 Å². The molecule has 0 saturated carbocycles. The van der Waals surface area contributed by atoms with Crippen LogP contribution < -0.4 is 5.32 Å². The van der Waals surface area contributed by atoms with E-state index in [2.05, 4.69) is 79.9 Å². The Kier molecular flexibility index (Phi) is 34.9. The van der Waals surface area contributed by atoms with Crippen molar-refractivity contribution in [2.45, 2.75) is 242 Å². The number of aliphatic hydroxyl groups excluding tert-OH is 8. The molecule has 0 spiro atoms. The normalized spacial score (nSPS) is 27.3. The molecule has 0 aromatic rings. The van der Waals surface area contributed by atoms with Gasteiger partial charge in [0.1, 0.15) is 48.8 Å². The van der Waals surface area contributed by atoms with Gasteiger partial charge in [-0.25, -0.2) is 0 Å². The Morgan fingerprint density at radius 2 is 1.03 bits per heavy atom. The molecule has 0 aromatic carbocycles. The predicted octanol–water partition coefficient (Wildman–Crippen LogP) is 6.66. The van der Waals surface area contributed by atoms with Crippen LogP contribution in [-0.2, 0) is 23.7 Å². The predicted molar refractivity (Wildman–Crippen MR) is 258 cm³/mol. The minimum atomic E-state index is -1.79. The highest BCUT2D eigenvalue weighted by atomic mass is 16.7. The molecular formula is C52H91NO13. The van der Waals surface area contributed by atoms with Gasteiger partial charge in [-0.1, -0.05) is 171 Å². The summed E-state index contributed by atoms with van der Waals surface area (Å²) < 4.78 is 22.7. The van der Waals surface area contributed by atoms with Gasteiger partial charge in [0, 0.05) is 6.42 Å². The van der Waals surface area contributed by atoms with Crippen LogP contribution in [-0.4, -0.2) is 140 Å². The van der Waals surface area contributed by atoms with Crippen LogP contribution in [0.25, 0.3) is 0 Å². The monoisotopic (exact) mass is 938 g/mol. The minimum Gasteiger partial charge on any atom is -0.394 e. The molecule has 2 fully saturated rings. The summed E-state index contributed by atoms with van der Waals surface area (Å²) in [7, 11) is 0. The largest absolute Gasteiger partial charge is 0.394 e. The van der Waals surface area contributed by atoms with E-state index in [0.717, 1.165) is 57.8 Å². The molecule has 14 nitrogen and oxygen atoms in total. The van der Waals surface area contributed by atoms with Crippen molar-refractivity contribution >= 4 is 5.91 Å². The molecule has 2 saturated heterocycles. The van der Waals surface area contributed by atoms with Crippen LogP contribution >= 0.6 is 0 Å². The lowest BCUT2D eigenvalue weighted by Crippen LogP contribution is -2.65. The van der Waals surface area contributed by atoms with E-state index in [-0.39, 0.29) is 18.9 Å². The Bertz CT molecular complexity index is 1340. The van der Waals surface area contributed by atoms with E-state index in [0.29, 0.717) is 19.3 Å². The lowest BCUT2D eigenvalue weighted by Gasteiger charge is -2.46. The number of rotatable bonds is 38. The standard InChI is InChI=1S/C52H91NO13/c1-3-5-7-9-11-13-15-17-19-20-22-24-26-28-30-32-34-36-44(57)53-40(41(56)35-33-31-29-27-25-23-21-18-16-14-12-10-8-6-4-2)39-63-51-49(62)47(60)50(43(38-55)65-51)66-52-48(61)46(59)45(58)42(37-54)64-52/h5,7,11,13,17,19,22,24,28,30,40-43,45-52,54-56,58-62H,3-4,6,8-10,12,14-16,18,20-21,23,25-27,29,31-39H2,1-2H3,(H,53,57)/b7-5-,13-11-,19-17-,24-22-,30-28-. The second-order valence-corrected chi connectivity index (χ2v) is 17.9. The Balaban J connectivity index is 1.87. The van der Waals surface area contributed by atoms with Crippen LogP contribution in [0.3, 0.4) is 0 Å². The molecule has 9 N–H and O–H groups in total. The highest BCUT2D eigenvalue weighted by Crippen LogP contribution is 2.30. The molecule has 2 rings (SSSR count). The zero-order chi connectivity index (χ0) is 48.2. The van der Waals surface area contributed by atoms with Gasteiger partial charge in [-0.3, -0.25) is 4.79 Å². The summed E-state index contributed by atoms with van der Waals surface area (Å²) in [4.78, 5) is 13.2. The van der Waals surface area contributed by atoms with E-state index in [1.165, 1.54) is 70.6 Å². The van der Waals surface area contributed by atoms with Crippen molar-refractivity contribution in [2.75, 3.05) is 19.8 Å². The molecule has 0 radical (unpaired) electrons. The van der Waals surface area contributed by atoms with Crippen LogP contribution in [0.5, 0.6) is 0 Å². The van der Waals surface area contributed by atoms with Gasteiger partial charge >= 0.3 is 0 Å². The average molecular weight is 938 g/mol. The van der Waals surface area contributed by atoms with Crippen molar-refractivity contribution in [1.82, 2.24) is 5.32 Å². The number of carbonyl (C=O) groups excluding carboxylic acids is 1. The zero-order valence-corrected chi connectivity index (χ0v) is 40.4. The number of carbonyl (C=O) groups is 1. The molecule has 12 atom stereocenters. The maximum atomic E-state index is 13.2. The maximum absolute atomic E-state index is 13.2. The van der Waals surface area contributed by atoms with Crippen molar-refractivity contribution in [3.8, 4) is 0 Å². The fourth-order valence-electron chi connectivity index (χ4n) is 8.09. The number of hydrogen-bond acceptors (Lipinski definition) is 13. The van der Waals surface area contributed by atoms with Gasteiger partial charge in [0.05, 0.1) is 32.0 Å². The highest BCUT2D eigenvalue weighted by Gasteiger charge is 2.51. The van der Waals surface area contributed by atoms with Crippen LogP contribution in [0.15, 0.2) is 60.8 Å². The molecule has 2 aliphatic heterocycles. The SMILES string of the molecule is CC/C=C\C/C=C\C/C=C\C/C=C\C/C=C\CCCC(=O)NC(COC1OC(CO)C(OC2OC(CO)C(O)C(O)C2O)C(O)C1O)C(O)CCCCCCCCCCCCCCCCC. The van der Waals surface area contributed by atoms with Crippen LogP contribution in [0.4, 0.5) is 0 Å². The first kappa shape index (κ1) is 59.8. The number of unbranched alkanes of at least 4 members (excludes halogenated alkanes) is 15. The number of amides is 1. The minimum absolute atomic E-state index is 0.224. The third-order valence-corrected chi connectivity index (χ3v) is 12.2. The Hall–Kier alpha value is -2.31. The summed E-state index contributed by atoms with van der Waals surface area (Å²) in [5, 5.41) is 86.9. The van der Waals surface area contributed by atoms with Crippen molar-refractivity contribution in [2.24, 2.45) is 0 Å². The number of nitrogens with one attached hydrogen (secondary N) is 1. The van der Waals surface area contributed by atoms with Gasteiger partial charge < -0.3 is 65.1 Å². The average Bonchev–Trinajstić information content (AvgIpc) is 3.31. The molecule has 0 bridgehead atoms. The van der Waals surface area contributed by atoms with E-state index in [9.17, 15) is 45.6 Å². The van der Waals surface area contributed by atoms with Gasteiger partial charge in [0.2, 0.25) is 5.91 Å². The van der Waals surface area contributed by atoms with Gasteiger partial charge in [-0.2, -0.15) is 0 Å². The summed E-state index contributed by atoms with van der Waals surface area (Å²) in [5.41, 5.74) is 0. The van der Waals surface area contributed by atoms with Crippen molar-refractivity contribution in [3.05, 3.63) is 60.8 Å². The van der Waals surface area contributed by atoms with Gasteiger partial charge in [0.25, 0.3) is 0 Å². The third kappa shape index (κ3) is 25.3. The van der Waals surface area contributed by atoms with Gasteiger partial charge in [-0.05, 0) is 51.4 Å². The molecule has 2 aliphatic rings. The summed E-state index contributed by atoms with van der Waals surface area (Å²) >= 11 is 0. The molecular weight excluding hydrogens is 847 g/mol.